The Balaban J connectivity index is -0.0000000731. The summed E-state index contributed by atoms with van der Waals surface area (Å²) in [6, 6.07) is 0. The van der Waals surface area contributed by atoms with Crippen LogP contribution in [0.15, 0.2) is 11.6 Å². The topological polar surface area (TPSA) is 3.24 Å². The highest BCUT2D eigenvalue weighted by atomic mass is 15.0. The zero-order valence-corrected chi connectivity index (χ0v) is 15.0. The summed E-state index contributed by atoms with van der Waals surface area (Å²) < 4.78 is 0. The Bertz CT molecular complexity index is 199. The second-order valence-electron chi connectivity index (χ2n) is 6.21. The van der Waals surface area contributed by atoms with E-state index in [1.165, 1.54) is 5.57 Å². The predicted octanol–water partition coefficient (Wildman–Crippen LogP) is 5.23. The van der Waals surface area contributed by atoms with Crippen LogP contribution in [-0.4, -0.2) is 26.0 Å². The van der Waals surface area contributed by atoms with Gasteiger partial charge in [0.1, 0.15) is 0 Å². The second kappa shape index (κ2) is 18.6. The Kier molecular flexibility index (Phi) is 26.8. The second-order valence-corrected chi connectivity index (χ2v) is 6.21. The monoisotopic (exact) mass is 255 g/mol. The molecule has 0 amide bonds. The fraction of sp³-hybridized carbons (Fsp3) is 0.765. The fourth-order valence-corrected chi connectivity index (χ4v) is 0. The Morgan fingerprint density at radius 3 is 1.00 bits per heavy atom. The molecular formula is C17H37N. The van der Waals surface area contributed by atoms with Gasteiger partial charge in [-0.3, -0.25) is 0 Å². The van der Waals surface area contributed by atoms with E-state index in [9.17, 15) is 0 Å². The van der Waals surface area contributed by atoms with Crippen molar-refractivity contribution >= 4 is 0 Å². The number of rotatable bonds is 0. The summed E-state index contributed by atoms with van der Waals surface area (Å²) in [7, 11) is 6.00. The molecule has 0 aromatic heterocycles. The lowest BCUT2D eigenvalue weighted by atomic mass is 10.0. The number of allylic oxidation sites excluding steroid dienone is 2. The summed E-state index contributed by atoms with van der Waals surface area (Å²) in [5.41, 5.74) is 1.88. The van der Waals surface area contributed by atoms with E-state index in [0.29, 0.717) is 5.41 Å². The molecule has 0 atom stereocenters. The molecule has 0 aliphatic rings. The summed E-state index contributed by atoms with van der Waals surface area (Å²) in [5, 5.41) is 0. The standard InChI is InChI=1S/C5H12.C5H10.C4H6.C3H9N/c1-5(2,3)4;1-4-5(2)3;1-3-4-2;1-4(2)3/h1-4H3;4H,1-3H3;1-2H3;1-3H3. The molecule has 110 valence electrons. The van der Waals surface area contributed by atoms with Crippen LogP contribution in [0.1, 0.15) is 62.3 Å². The van der Waals surface area contributed by atoms with E-state index >= 15 is 0 Å². The largest absolute Gasteiger partial charge is 0.312 e. The van der Waals surface area contributed by atoms with Crippen molar-refractivity contribution in [2.45, 2.75) is 62.3 Å². The fourth-order valence-electron chi connectivity index (χ4n) is 0. The molecule has 18 heavy (non-hydrogen) atoms. The quantitative estimate of drug-likeness (QED) is 0.423. The molecule has 0 radical (unpaired) electrons. The summed E-state index contributed by atoms with van der Waals surface area (Å²) in [5.74, 6) is 5.36. The van der Waals surface area contributed by atoms with Gasteiger partial charge in [0.15, 0.2) is 0 Å². The summed E-state index contributed by atoms with van der Waals surface area (Å²) in [6.07, 6.45) is 2.08. The van der Waals surface area contributed by atoms with Gasteiger partial charge in [0, 0.05) is 0 Å². The van der Waals surface area contributed by atoms with Gasteiger partial charge in [-0.15, -0.1) is 11.8 Å². The van der Waals surface area contributed by atoms with E-state index in [4.69, 9.17) is 0 Å². The van der Waals surface area contributed by atoms with Gasteiger partial charge in [-0.1, -0.05) is 39.3 Å². The van der Waals surface area contributed by atoms with Gasteiger partial charge in [-0.05, 0) is 61.2 Å². The summed E-state index contributed by atoms with van der Waals surface area (Å²) in [4.78, 5) is 2.00. The molecule has 0 spiro atoms. The summed E-state index contributed by atoms with van der Waals surface area (Å²) in [6.45, 7) is 18.6. The van der Waals surface area contributed by atoms with Crippen molar-refractivity contribution in [3.05, 3.63) is 11.6 Å². The van der Waals surface area contributed by atoms with Crippen LogP contribution in [0.25, 0.3) is 0 Å². The van der Waals surface area contributed by atoms with E-state index in [0.717, 1.165) is 0 Å². The predicted molar refractivity (Wildman–Crippen MR) is 89.0 cm³/mol. The van der Waals surface area contributed by atoms with E-state index in [1.807, 2.05) is 46.8 Å². The molecule has 0 fully saturated rings. The van der Waals surface area contributed by atoms with Crippen molar-refractivity contribution in [3.63, 3.8) is 0 Å². The van der Waals surface area contributed by atoms with Crippen LogP contribution in [0.2, 0.25) is 0 Å². The van der Waals surface area contributed by atoms with Crippen LogP contribution in [0.4, 0.5) is 0 Å². The minimum atomic E-state index is 0.500. The molecular weight excluding hydrogens is 218 g/mol. The summed E-state index contributed by atoms with van der Waals surface area (Å²) >= 11 is 0. The zero-order valence-electron chi connectivity index (χ0n) is 15.0. The smallest absolute Gasteiger partial charge is 0.00271 e. The number of hydrogen-bond acceptors (Lipinski definition) is 1. The van der Waals surface area contributed by atoms with Crippen molar-refractivity contribution in [3.8, 4) is 11.8 Å². The van der Waals surface area contributed by atoms with Crippen LogP contribution in [-0.2, 0) is 0 Å². The molecule has 0 heterocycles. The molecule has 0 aliphatic carbocycles. The third kappa shape index (κ3) is 608. The lowest BCUT2D eigenvalue weighted by molar-refractivity contribution is 0.469. The van der Waals surface area contributed by atoms with E-state index in [2.05, 4.69) is 59.5 Å². The van der Waals surface area contributed by atoms with Crippen molar-refractivity contribution in [2.75, 3.05) is 21.1 Å². The number of nitrogens with zero attached hydrogens (tertiary/aromatic N) is 1. The molecule has 0 unspecified atom stereocenters. The minimum Gasteiger partial charge on any atom is -0.312 e. The van der Waals surface area contributed by atoms with Gasteiger partial charge in [-0.2, -0.15) is 0 Å². The molecule has 0 bridgehead atoms. The number of hydrogen-bond donors (Lipinski definition) is 0. The average Bonchev–Trinajstić information content (AvgIpc) is 2.14. The van der Waals surface area contributed by atoms with Crippen LogP contribution < -0.4 is 0 Å². The van der Waals surface area contributed by atoms with Crippen LogP contribution >= 0.6 is 0 Å². The van der Waals surface area contributed by atoms with Gasteiger partial charge >= 0.3 is 0 Å². The SMILES string of the molecule is CC#CC.CC(C)(C)C.CC=C(C)C.CN(C)C. The van der Waals surface area contributed by atoms with E-state index in [1.54, 1.807) is 0 Å². The highest BCUT2D eigenvalue weighted by Crippen LogP contribution is 2.08. The molecule has 0 aromatic rings. The maximum atomic E-state index is 2.68. The van der Waals surface area contributed by atoms with Gasteiger partial charge < -0.3 is 4.90 Å². The molecule has 0 saturated carbocycles. The van der Waals surface area contributed by atoms with Gasteiger partial charge in [-0.25, -0.2) is 0 Å². The first-order valence-electron chi connectivity index (χ1n) is 6.46. The van der Waals surface area contributed by atoms with Gasteiger partial charge in [0.25, 0.3) is 0 Å². The third-order valence-corrected chi connectivity index (χ3v) is 0.827. The highest BCUT2D eigenvalue weighted by molar-refractivity contribution is 4.89. The minimum absolute atomic E-state index is 0.500. The molecule has 0 N–H and O–H groups in total. The van der Waals surface area contributed by atoms with Crippen molar-refractivity contribution in [2.24, 2.45) is 5.41 Å². The maximum Gasteiger partial charge on any atom is -0.00271 e. The van der Waals surface area contributed by atoms with Gasteiger partial charge in [0.05, 0.1) is 0 Å². The first-order chi connectivity index (χ1) is 7.92. The molecule has 0 saturated heterocycles. The Morgan fingerprint density at radius 1 is 0.889 bits per heavy atom. The van der Waals surface area contributed by atoms with E-state index in [-0.39, 0.29) is 0 Å². The lowest BCUT2D eigenvalue weighted by Gasteiger charge is -2.05. The van der Waals surface area contributed by atoms with Crippen molar-refractivity contribution in [1.82, 2.24) is 4.90 Å². The van der Waals surface area contributed by atoms with Crippen LogP contribution in [0, 0.1) is 17.3 Å². The van der Waals surface area contributed by atoms with Crippen molar-refractivity contribution in [1.29, 1.82) is 0 Å². The molecule has 1 nitrogen and oxygen atoms in total. The Labute approximate surface area is 118 Å². The molecule has 1 heteroatoms. The molecule has 0 aromatic carbocycles. The Morgan fingerprint density at radius 2 is 1.00 bits per heavy atom. The molecule has 0 aliphatic heterocycles. The molecule has 0 rings (SSSR count). The normalized spacial score (nSPS) is 8.06. The van der Waals surface area contributed by atoms with Gasteiger partial charge in [0.2, 0.25) is 0 Å². The average molecular weight is 255 g/mol. The first-order valence-corrected chi connectivity index (χ1v) is 6.46. The van der Waals surface area contributed by atoms with Crippen LogP contribution in [0.3, 0.4) is 0 Å². The van der Waals surface area contributed by atoms with E-state index < -0.39 is 0 Å². The first kappa shape index (κ1) is 26.0. The zero-order chi connectivity index (χ0) is 15.8. The Hall–Kier alpha value is -0.740. The van der Waals surface area contributed by atoms with Crippen molar-refractivity contribution < 1.29 is 0 Å². The maximum absolute atomic E-state index is 2.68. The lowest BCUT2D eigenvalue weighted by Crippen LogP contribution is -1.99. The third-order valence-electron chi connectivity index (χ3n) is 0.827. The van der Waals surface area contributed by atoms with Crippen LogP contribution in [0.5, 0.6) is 0 Å². The highest BCUT2D eigenvalue weighted by Gasteiger charge is 1.95.